The van der Waals surface area contributed by atoms with Gasteiger partial charge in [-0.1, -0.05) is 11.6 Å². The van der Waals surface area contributed by atoms with E-state index in [0.717, 1.165) is 6.07 Å². The molecule has 0 saturated heterocycles. The van der Waals surface area contributed by atoms with Gasteiger partial charge in [-0.25, -0.2) is 9.97 Å². The summed E-state index contributed by atoms with van der Waals surface area (Å²) in [6.07, 6.45) is -1.68. The summed E-state index contributed by atoms with van der Waals surface area (Å²) in [6.45, 7) is 0.174. The van der Waals surface area contributed by atoms with Gasteiger partial charge in [-0.2, -0.15) is 13.2 Å². The highest BCUT2D eigenvalue weighted by Crippen LogP contribution is 2.31. The third kappa shape index (κ3) is 4.65. The average Bonchev–Trinajstić information content (AvgIpc) is 2.66. The van der Waals surface area contributed by atoms with Crippen LogP contribution in [0.15, 0.2) is 48.8 Å². The molecule has 2 aromatic heterocycles. The Bertz CT molecular complexity index is 936. The smallest absolute Gasteiger partial charge is 0.433 e. The van der Waals surface area contributed by atoms with Crippen LogP contribution in [0.5, 0.6) is 5.75 Å². The molecule has 1 aromatic carbocycles. The molecular formula is C18H14ClF3N4O. The molecule has 0 aliphatic rings. The van der Waals surface area contributed by atoms with Crippen molar-refractivity contribution < 1.29 is 17.9 Å². The maximum atomic E-state index is 13.2. The van der Waals surface area contributed by atoms with Crippen LogP contribution in [0.25, 0.3) is 11.4 Å². The molecule has 27 heavy (non-hydrogen) atoms. The second kappa shape index (κ2) is 7.79. The van der Waals surface area contributed by atoms with Crippen molar-refractivity contribution in [3.8, 4) is 17.1 Å². The number of halogens is 4. The van der Waals surface area contributed by atoms with Crippen molar-refractivity contribution in [2.24, 2.45) is 0 Å². The first-order valence-corrected chi connectivity index (χ1v) is 8.17. The van der Waals surface area contributed by atoms with Gasteiger partial charge in [-0.3, -0.25) is 4.98 Å². The molecule has 3 rings (SSSR count). The average molecular weight is 395 g/mol. The van der Waals surface area contributed by atoms with E-state index in [9.17, 15) is 13.2 Å². The Kier molecular flexibility index (Phi) is 5.46. The van der Waals surface area contributed by atoms with Crippen molar-refractivity contribution in [3.05, 3.63) is 65.1 Å². The summed E-state index contributed by atoms with van der Waals surface area (Å²) in [5.74, 6) is 0.547. The predicted octanol–water partition coefficient (Wildman–Crippen LogP) is 4.83. The zero-order valence-corrected chi connectivity index (χ0v) is 14.8. The lowest BCUT2D eigenvalue weighted by Crippen LogP contribution is -2.12. The molecule has 1 N–H and O–H groups in total. The van der Waals surface area contributed by atoms with Crippen molar-refractivity contribution in [2.75, 3.05) is 12.4 Å². The first kappa shape index (κ1) is 18.9. The van der Waals surface area contributed by atoms with Crippen molar-refractivity contribution in [1.82, 2.24) is 15.0 Å². The predicted molar refractivity (Wildman–Crippen MR) is 95.6 cm³/mol. The molecular weight excluding hydrogens is 381 g/mol. The van der Waals surface area contributed by atoms with Gasteiger partial charge in [-0.15, -0.1) is 0 Å². The highest BCUT2D eigenvalue weighted by Gasteiger charge is 2.33. The van der Waals surface area contributed by atoms with Gasteiger partial charge in [0.25, 0.3) is 0 Å². The van der Waals surface area contributed by atoms with Crippen molar-refractivity contribution in [3.63, 3.8) is 0 Å². The fraction of sp³-hybridized carbons (Fsp3) is 0.167. The number of hydrogen-bond donors (Lipinski definition) is 1. The zero-order chi connectivity index (χ0) is 19.4. The van der Waals surface area contributed by atoms with Gasteiger partial charge in [0.05, 0.1) is 7.11 Å². The number of aromatic nitrogens is 3. The zero-order valence-electron chi connectivity index (χ0n) is 14.1. The normalized spacial score (nSPS) is 11.3. The van der Waals surface area contributed by atoms with Crippen molar-refractivity contribution in [1.29, 1.82) is 0 Å². The number of pyridine rings is 1. The second-order valence-electron chi connectivity index (χ2n) is 5.51. The maximum Gasteiger partial charge on any atom is 0.433 e. The third-order valence-electron chi connectivity index (χ3n) is 3.66. The molecule has 9 heteroatoms. The number of nitrogens with zero attached hydrogens (tertiary/aromatic N) is 3. The standard InChI is InChI=1S/C18H14ClF3N4O/c1-27-14-3-2-13(19)8-12(14)10-24-16-9-15(18(20,21)22)25-17(26-16)11-4-6-23-7-5-11/h2-9H,10H2,1H3,(H,24,25,26). The van der Waals surface area contributed by atoms with Crippen LogP contribution in [0.3, 0.4) is 0 Å². The van der Waals surface area contributed by atoms with Crippen LogP contribution in [0.2, 0.25) is 5.02 Å². The van der Waals surface area contributed by atoms with Crippen molar-refractivity contribution >= 4 is 17.4 Å². The molecule has 3 aromatic rings. The minimum absolute atomic E-state index is 0.0335. The molecule has 0 saturated carbocycles. The first-order valence-electron chi connectivity index (χ1n) is 7.80. The summed E-state index contributed by atoms with van der Waals surface area (Å²) in [6, 6.07) is 8.96. The van der Waals surface area contributed by atoms with E-state index in [1.165, 1.54) is 19.5 Å². The third-order valence-corrected chi connectivity index (χ3v) is 3.89. The van der Waals surface area contributed by atoms with Crippen LogP contribution < -0.4 is 10.1 Å². The Balaban J connectivity index is 1.94. The van der Waals surface area contributed by atoms with E-state index in [4.69, 9.17) is 16.3 Å². The van der Waals surface area contributed by atoms with Gasteiger partial charge < -0.3 is 10.1 Å². The summed E-state index contributed by atoms with van der Waals surface area (Å²) in [7, 11) is 1.50. The van der Waals surface area contributed by atoms with E-state index < -0.39 is 11.9 Å². The van der Waals surface area contributed by atoms with Gasteiger partial charge >= 0.3 is 6.18 Å². The molecule has 0 radical (unpaired) electrons. The van der Waals surface area contributed by atoms with Gasteiger partial charge in [0, 0.05) is 41.2 Å². The minimum atomic E-state index is -4.60. The van der Waals surface area contributed by atoms with E-state index in [1.54, 1.807) is 30.3 Å². The molecule has 0 unspecified atom stereocenters. The largest absolute Gasteiger partial charge is 0.496 e. The molecule has 0 aliphatic heterocycles. The lowest BCUT2D eigenvalue weighted by molar-refractivity contribution is -0.141. The fourth-order valence-corrected chi connectivity index (χ4v) is 2.58. The number of methoxy groups -OCH3 is 1. The van der Waals surface area contributed by atoms with Gasteiger partial charge in [-0.05, 0) is 30.3 Å². The van der Waals surface area contributed by atoms with E-state index in [2.05, 4.69) is 20.3 Å². The Morgan fingerprint density at radius 3 is 2.48 bits per heavy atom. The van der Waals surface area contributed by atoms with Crippen LogP contribution in [0, 0.1) is 0 Å². The number of nitrogens with one attached hydrogen (secondary N) is 1. The van der Waals surface area contributed by atoms with E-state index in [-0.39, 0.29) is 18.2 Å². The quantitative estimate of drug-likeness (QED) is 0.671. The SMILES string of the molecule is COc1ccc(Cl)cc1CNc1cc(C(F)(F)F)nc(-c2ccncc2)n1. The molecule has 0 spiro atoms. The van der Waals surface area contributed by atoms with Crippen molar-refractivity contribution in [2.45, 2.75) is 12.7 Å². The molecule has 0 amide bonds. The summed E-state index contributed by atoms with van der Waals surface area (Å²) < 4.78 is 44.9. The Hall–Kier alpha value is -2.87. The van der Waals surface area contributed by atoms with Gasteiger partial charge in [0.15, 0.2) is 11.5 Å². The monoisotopic (exact) mass is 394 g/mol. The summed E-state index contributed by atoms with van der Waals surface area (Å²) in [5.41, 5.74) is 0.0759. The number of ether oxygens (including phenoxy) is 1. The molecule has 0 aliphatic carbocycles. The topological polar surface area (TPSA) is 59.9 Å². The number of anilines is 1. The van der Waals surface area contributed by atoms with E-state index in [0.29, 0.717) is 21.9 Å². The summed E-state index contributed by atoms with van der Waals surface area (Å²) in [5, 5.41) is 3.37. The highest BCUT2D eigenvalue weighted by atomic mass is 35.5. The first-order chi connectivity index (χ1) is 12.9. The highest BCUT2D eigenvalue weighted by molar-refractivity contribution is 6.30. The summed E-state index contributed by atoms with van der Waals surface area (Å²) in [4.78, 5) is 11.7. The van der Waals surface area contributed by atoms with E-state index in [1.807, 2.05) is 0 Å². The lowest BCUT2D eigenvalue weighted by atomic mass is 10.2. The number of hydrogen-bond acceptors (Lipinski definition) is 5. The van der Waals surface area contributed by atoms with Crippen LogP contribution in [-0.2, 0) is 12.7 Å². The minimum Gasteiger partial charge on any atom is -0.496 e. The molecule has 0 bridgehead atoms. The molecule has 2 heterocycles. The maximum absolute atomic E-state index is 13.2. The molecule has 140 valence electrons. The Morgan fingerprint density at radius 2 is 1.81 bits per heavy atom. The Labute approximate surface area is 158 Å². The van der Waals surface area contributed by atoms with E-state index >= 15 is 0 Å². The molecule has 0 fully saturated rings. The van der Waals surface area contributed by atoms with Gasteiger partial charge in [0.2, 0.25) is 0 Å². The second-order valence-corrected chi connectivity index (χ2v) is 5.94. The number of rotatable bonds is 5. The molecule has 0 atom stereocenters. The van der Waals surface area contributed by atoms with Crippen LogP contribution in [0.4, 0.5) is 19.0 Å². The molecule has 5 nitrogen and oxygen atoms in total. The number of benzene rings is 1. The van der Waals surface area contributed by atoms with Crippen LogP contribution in [0.1, 0.15) is 11.3 Å². The van der Waals surface area contributed by atoms with Gasteiger partial charge in [0.1, 0.15) is 11.6 Å². The van der Waals surface area contributed by atoms with Crippen LogP contribution >= 0.6 is 11.6 Å². The number of alkyl halides is 3. The summed E-state index contributed by atoms with van der Waals surface area (Å²) >= 11 is 5.98. The fourth-order valence-electron chi connectivity index (χ4n) is 2.38. The lowest BCUT2D eigenvalue weighted by Gasteiger charge is -2.13. The Morgan fingerprint density at radius 1 is 1.07 bits per heavy atom. The van der Waals surface area contributed by atoms with Crippen LogP contribution in [-0.4, -0.2) is 22.1 Å².